The van der Waals surface area contributed by atoms with Crippen LogP contribution in [0.2, 0.25) is 0 Å². The molecule has 2 aromatic carbocycles. The van der Waals surface area contributed by atoms with Gasteiger partial charge in [-0.3, -0.25) is 4.79 Å². The second-order valence-corrected chi connectivity index (χ2v) is 6.05. The van der Waals surface area contributed by atoms with E-state index < -0.39 is 0 Å². The number of aromatic nitrogens is 2. The summed E-state index contributed by atoms with van der Waals surface area (Å²) in [4.78, 5) is 20.9. The molecule has 132 valence electrons. The zero-order chi connectivity index (χ0) is 18.2. The monoisotopic (exact) mass is 346 g/mol. The van der Waals surface area contributed by atoms with Crippen LogP contribution in [0.3, 0.4) is 0 Å². The molecule has 0 spiro atoms. The van der Waals surface area contributed by atoms with Crippen molar-refractivity contribution < 1.29 is 4.79 Å². The van der Waals surface area contributed by atoms with E-state index in [-0.39, 0.29) is 5.91 Å². The molecule has 0 saturated heterocycles. The topological polar surface area (TPSA) is 66.9 Å². The van der Waals surface area contributed by atoms with Crippen molar-refractivity contribution in [2.75, 3.05) is 17.2 Å². The van der Waals surface area contributed by atoms with Gasteiger partial charge in [0.05, 0.1) is 0 Å². The summed E-state index contributed by atoms with van der Waals surface area (Å²) in [7, 11) is 0. The number of rotatable bonds is 7. The molecule has 1 heterocycles. The Morgan fingerprint density at radius 3 is 2.58 bits per heavy atom. The minimum atomic E-state index is -0.242. The predicted molar refractivity (Wildman–Crippen MR) is 104 cm³/mol. The van der Waals surface area contributed by atoms with E-state index >= 15 is 0 Å². The maximum Gasteiger partial charge on any atom is 0.274 e. The minimum Gasteiger partial charge on any atom is -0.354 e. The lowest BCUT2D eigenvalue weighted by atomic mass is 10.1. The molecule has 0 aliphatic carbocycles. The number of hydrogen-bond donors (Lipinski definition) is 2. The number of para-hydroxylation sites is 1. The molecule has 5 nitrogen and oxygen atoms in total. The fourth-order valence-electron chi connectivity index (χ4n) is 2.61. The number of anilines is 2. The maximum absolute atomic E-state index is 12.4. The molecule has 26 heavy (non-hydrogen) atoms. The van der Waals surface area contributed by atoms with Crippen LogP contribution in [0.15, 0.2) is 66.9 Å². The SMILES string of the molecule is Cc1ccccc1NC(=O)c1ccnc(NCCCc2ccccc2)n1. The fourth-order valence-corrected chi connectivity index (χ4v) is 2.61. The van der Waals surface area contributed by atoms with Gasteiger partial charge in [0.2, 0.25) is 5.95 Å². The minimum absolute atomic E-state index is 0.242. The first-order valence-corrected chi connectivity index (χ1v) is 8.70. The van der Waals surface area contributed by atoms with Gasteiger partial charge in [0, 0.05) is 18.4 Å². The molecule has 1 aromatic heterocycles. The number of nitrogens with zero attached hydrogens (tertiary/aromatic N) is 2. The van der Waals surface area contributed by atoms with Crippen molar-refractivity contribution in [3.05, 3.63) is 83.7 Å². The van der Waals surface area contributed by atoms with Crippen LogP contribution in [0.4, 0.5) is 11.6 Å². The van der Waals surface area contributed by atoms with Crippen molar-refractivity contribution in [2.24, 2.45) is 0 Å². The Hall–Kier alpha value is -3.21. The number of nitrogens with one attached hydrogen (secondary N) is 2. The molecule has 0 aliphatic rings. The first-order chi connectivity index (χ1) is 12.7. The largest absolute Gasteiger partial charge is 0.354 e. The molecule has 0 saturated carbocycles. The lowest BCUT2D eigenvalue weighted by molar-refractivity contribution is 0.102. The van der Waals surface area contributed by atoms with Crippen molar-refractivity contribution >= 4 is 17.5 Å². The van der Waals surface area contributed by atoms with E-state index in [0.29, 0.717) is 11.6 Å². The van der Waals surface area contributed by atoms with Gasteiger partial charge in [-0.15, -0.1) is 0 Å². The van der Waals surface area contributed by atoms with Crippen molar-refractivity contribution in [1.29, 1.82) is 0 Å². The number of amides is 1. The summed E-state index contributed by atoms with van der Waals surface area (Å²) in [5.74, 6) is 0.226. The lowest BCUT2D eigenvalue weighted by Crippen LogP contribution is -2.16. The third-order valence-corrected chi connectivity index (χ3v) is 4.05. The highest BCUT2D eigenvalue weighted by Crippen LogP contribution is 2.14. The highest BCUT2D eigenvalue weighted by atomic mass is 16.1. The Labute approximate surface area is 153 Å². The van der Waals surface area contributed by atoms with Gasteiger partial charge in [-0.1, -0.05) is 48.5 Å². The molecule has 3 rings (SSSR count). The third kappa shape index (κ3) is 4.89. The summed E-state index contributed by atoms with van der Waals surface area (Å²) >= 11 is 0. The molecular formula is C21H22N4O. The van der Waals surface area contributed by atoms with Crippen LogP contribution < -0.4 is 10.6 Å². The summed E-state index contributed by atoms with van der Waals surface area (Å²) in [5.41, 5.74) is 3.44. The normalized spacial score (nSPS) is 10.3. The first kappa shape index (κ1) is 17.6. The van der Waals surface area contributed by atoms with Gasteiger partial charge < -0.3 is 10.6 Å². The molecular weight excluding hydrogens is 324 g/mol. The van der Waals surface area contributed by atoms with Crippen molar-refractivity contribution in [3.63, 3.8) is 0 Å². The zero-order valence-corrected chi connectivity index (χ0v) is 14.8. The van der Waals surface area contributed by atoms with Crippen LogP contribution in [0.1, 0.15) is 28.0 Å². The first-order valence-electron chi connectivity index (χ1n) is 8.70. The van der Waals surface area contributed by atoms with Crippen LogP contribution >= 0.6 is 0 Å². The number of carbonyl (C=O) groups is 1. The molecule has 3 aromatic rings. The van der Waals surface area contributed by atoms with Crippen LogP contribution in [-0.2, 0) is 6.42 Å². The fraction of sp³-hybridized carbons (Fsp3) is 0.190. The Kier molecular flexibility index (Phi) is 5.93. The average molecular weight is 346 g/mol. The van der Waals surface area contributed by atoms with Crippen LogP contribution in [0.5, 0.6) is 0 Å². The van der Waals surface area contributed by atoms with Crippen LogP contribution in [0, 0.1) is 6.92 Å². The van der Waals surface area contributed by atoms with E-state index in [1.807, 2.05) is 49.4 Å². The van der Waals surface area contributed by atoms with Gasteiger partial charge in [0.1, 0.15) is 5.69 Å². The average Bonchev–Trinajstić information content (AvgIpc) is 2.68. The Bertz CT molecular complexity index is 865. The van der Waals surface area contributed by atoms with Gasteiger partial charge in [-0.2, -0.15) is 0 Å². The highest BCUT2D eigenvalue weighted by molar-refractivity contribution is 6.03. The number of carbonyl (C=O) groups excluding carboxylic acids is 1. The van der Waals surface area contributed by atoms with Gasteiger partial charge >= 0.3 is 0 Å². The predicted octanol–water partition coefficient (Wildman–Crippen LogP) is 4.08. The lowest BCUT2D eigenvalue weighted by Gasteiger charge is -2.09. The van der Waals surface area contributed by atoms with E-state index in [1.165, 1.54) is 5.56 Å². The quantitative estimate of drug-likeness (QED) is 0.633. The van der Waals surface area contributed by atoms with Crippen molar-refractivity contribution in [1.82, 2.24) is 9.97 Å². The Morgan fingerprint density at radius 2 is 1.77 bits per heavy atom. The van der Waals surface area contributed by atoms with Crippen molar-refractivity contribution in [2.45, 2.75) is 19.8 Å². The summed E-state index contributed by atoms with van der Waals surface area (Å²) in [6.07, 6.45) is 3.55. The van der Waals surface area contributed by atoms with Gasteiger partial charge in [-0.05, 0) is 43.0 Å². The van der Waals surface area contributed by atoms with Crippen molar-refractivity contribution in [3.8, 4) is 0 Å². The molecule has 0 unspecified atom stereocenters. The third-order valence-electron chi connectivity index (χ3n) is 4.05. The highest BCUT2D eigenvalue weighted by Gasteiger charge is 2.10. The van der Waals surface area contributed by atoms with Gasteiger partial charge in [0.25, 0.3) is 5.91 Å². The van der Waals surface area contributed by atoms with E-state index in [4.69, 9.17) is 0 Å². The van der Waals surface area contributed by atoms with E-state index in [2.05, 4.69) is 32.7 Å². The van der Waals surface area contributed by atoms with Crippen LogP contribution in [0.25, 0.3) is 0 Å². The second-order valence-electron chi connectivity index (χ2n) is 6.05. The standard InChI is InChI=1S/C21H22N4O/c1-16-8-5-6-12-18(16)24-20(26)19-13-15-23-21(25-19)22-14-7-11-17-9-3-2-4-10-17/h2-6,8-10,12-13,15H,7,11,14H2,1H3,(H,24,26)(H,22,23,25). The van der Waals surface area contributed by atoms with Gasteiger partial charge in [-0.25, -0.2) is 9.97 Å². The molecule has 0 aliphatic heterocycles. The zero-order valence-electron chi connectivity index (χ0n) is 14.8. The number of aryl methyl sites for hydroxylation is 2. The molecule has 0 atom stereocenters. The van der Waals surface area contributed by atoms with E-state index in [1.54, 1.807) is 12.3 Å². The summed E-state index contributed by atoms with van der Waals surface area (Å²) in [6.45, 7) is 2.70. The molecule has 2 N–H and O–H groups in total. The Balaban J connectivity index is 1.54. The smallest absolute Gasteiger partial charge is 0.274 e. The maximum atomic E-state index is 12.4. The number of hydrogen-bond acceptors (Lipinski definition) is 4. The Morgan fingerprint density at radius 1 is 1.00 bits per heavy atom. The van der Waals surface area contributed by atoms with Gasteiger partial charge in [0.15, 0.2) is 0 Å². The van der Waals surface area contributed by atoms with E-state index in [0.717, 1.165) is 30.6 Å². The van der Waals surface area contributed by atoms with E-state index in [9.17, 15) is 4.79 Å². The molecule has 0 radical (unpaired) electrons. The summed E-state index contributed by atoms with van der Waals surface area (Å²) in [6, 6.07) is 19.6. The second kappa shape index (κ2) is 8.76. The summed E-state index contributed by atoms with van der Waals surface area (Å²) < 4.78 is 0. The summed E-state index contributed by atoms with van der Waals surface area (Å²) in [5, 5.41) is 6.07. The molecule has 1 amide bonds. The number of benzene rings is 2. The molecule has 0 bridgehead atoms. The van der Waals surface area contributed by atoms with Crippen LogP contribution in [-0.4, -0.2) is 22.4 Å². The molecule has 0 fully saturated rings. The molecule has 5 heteroatoms.